The van der Waals surface area contributed by atoms with Crippen LogP contribution in [0.3, 0.4) is 0 Å². The van der Waals surface area contributed by atoms with Gasteiger partial charge >= 0.3 is 0 Å². The third-order valence-corrected chi connectivity index (χ3v) is 4.17. The molecule has 0 unspecified atom stereocenters. The van der Waals surface area contributed by atoms with Gasteiger partial charge in [0.25, 0.3) is 5.89 Å². The summed E-state index contributed by atoms with van der Waals surface area (Å²) in [5, 5.41) is 6.81. The quantitative estimate of drug-likeness (QED) is 0.801. The van der Waals surface area contributed by atoms with E-state index in [0.717, 1.165) is 20.9 Å². The van der Waals surface area contributed by atoms with Crippen LogP contribution in [0.4, 0.5) is 0 Å². The fourth-order valence-corrected chi connectivity index (χ4v) is 2.90. The number of aromatic nitrogens is 2. The van der Waals surface area contributed by atoms with E-state index in [1.165, 1.54) is 18.3 Å². The first-order valence-corrected chi connectivity index (χ1v) is 7.68. The fraction of sp³-hybridized carbons (Fsp3) is 0.188. The highest BCUT2D eigenvalue weighted by Gasteiger charge is 2.12. The molecule has 0 spiro atoms. The molecule has 1 aromatic carbocycles. The molecule has 0 aliphatic rings. The van der Waals surface area contributed by atoms with Crippen LogP contribution in [0.5, 0.6) is 0 Å². The Morgan fingerprint density at radius 1 is 1.32 bits per heavy atom. The average molecular weight is 313 g/mol. The van der Waals surface area contributed by atoms with Crippen molar-refractivity contribution in [2.24, 2.45) is 0 Å². The second kappa shape index (κ2) is 6.11. The van der Waals surface area contributed by atoms with E-state index < -0.39 is 0 Å². The first-order valence-electron chi connectivity index (χ1n) is 6.86. The van der Waals surface area contributed by atoms with Gasteiger partial charge in [-0.15, -0.1) is 11.3 Å². The number of hydrogen-bond donors (Lipinski definition) is 1. The summed E-state index contributed by atoms with van der Waals surface area (Å²) in [6.45, 7) is 4.04. The fourth-order valence-electron chi connectivity index (χ4n) is 2.02. The Hall–Kier alpha value is -2.47. The number of thiophene rings is 1. The lowest BCUT2D eigenvalue weighted by Crippen LogP contribution is -2.17. The Balaban J connectivity index is 1.80. The van der Waals surface area contributed by atoms with Crippen molar-refractivity contribution in [2.45, 2.75) is 20.4 Å². The summed E-state index contributed by atoms with van der Waals surface area (Å²) in [6, 6.07) is 11.8. The van der Waals surface area contributed by atoms with Gasteiger partial charge in [0, 0.05) is 17.4 Å². The molecule has 1 amide bonds. The lowest BCUT2D eigenvalue weighted by atomic mass is 10.1. The van der Waals surface area contributed by atoms with Gasteiger partial charge in [0.15, 0.2) is 0 Å². The van der Waals surface area contributed by atoms with E-state index in [9.17, 15) is 4.79 Å². The summed E-state index contributed by atoms with van der Waals surface area (Å²) >= 11 is 1.54. The van der Waals surface area contributed by atoms with Gasteiger partial charge < -0.3 is 9.84 Å². The second-order valence-electron chi connectivity index (χ2n) is 4.97. The van der Waals surface area contributed by atoms with E-state index in [4.69, 9.17) is 4.52 Å². The molecule has 0 radical (unpaired) electrons. The largest absolute Gasteiger partial charge is 0.351 e. The molecule has 1 N–H and O–H groups in total. The SMILES string of the molecule is CC(=O)NCc1ccc(-c2noc(-c3cccc(C)c3)n2)s1. The number of hydrogen-bond acceptors (Lipinski definition) is 5. The van der Waals surface area contributed by atoms with Crippen molar-refractivity contribution in [3.8, 4) is 22.2 Å². The Kier molecular flexibility index (Phi) is 4.02. The topological polar surface area (TPSA) is 68.0 Å². The van der Waals surface area contributed by atoms with Crippen LogP contribution < -0.4 is 5.32 Å². The number of carbonyl (C=O) groups is 1. The van der Waals surface area contributed by atoms with Crippen molar-refractivity contribution in [1.82, 2.24) is 15.5 Å². The molecule has 0 atom stereocenters. The molecular formula is C16H15N3O2S. The molecule has 2 aromatic heterocycles. The minimum absolute atomic E-state index is 0.0451. The minimum atomic E-state index is -0.0451. The maximum Gasteiger partial charge on any atom is 0.258 e. The smallest absolute Gasteiger partial charge is 0.258 e. The molecule has 3 rings (SSSR count). The van der Waals surface area contributed by atoms with E-state index in [0.29, 0.717) is 18.3 Å². The highest BCUT2D eigenvalue weighted by molar-refractivity contribution is 7.15. The van der Waals surface area contributed by atoms with E-state index in [1.807, 2.05) is 43.3 Å². The zero-order chi connectivity index (χ0) is 15.5. The molecule has 0 bridgehead atoms. The van der Waals surface area contributed by atoms with Crippen LogP contribution in [0.15, 0.2) is 40.9 Å². The van der Waals surface area contributed by atoms with Crippen molar-refractivity contribution < 1.29 is 9.32 Å². The van der Waals surface area contributed by atoms with Crippen molar-refractivity contribution in [3.05, 3.63) is 46.8 Å². The summed E-state index contributed by atoms with van der Waals surface area (Å²) in [5.41, 5.74) is 2.06. The van der Waals surface area contributed by atoms with Crippen LogP contribution in [-0.4, -0.2) is 16.0 Å². The molecule has 0 fully saturated rings. The summed E-state index contributed by atoms with van der Waals surface area (Å²) in [6.07, 6.45) is 0. The van der Waals surface area contributed by atoms with E-state index in [2.05, 4.69) is 15.5 Å². The third kappa shape index (κ3) is 3.23. The first kappa shape index (κ1) is 14.5. The molecule has 0 saturated carbocycles. The number of aryl methyl sites for hydroxylation is 1. The van der Waals surface area contributed by atoms with Crippen LogP contribution in [-0.2, 0) is 11.3 Å². The molecule has 3 aromatic rings. The first-order chi connectivity index (χ1) is 10.6. The van der Waals surface area contributed by atoms with Gasteiger partial charge in [-0.25, -0.2) is 0 Å². The van der Waals surface area contributed by atoms with Crippen molar-refractivity contribution >= 4 is 17.2 Å². The van der Waals surface area contributed by atoms with Crippen LogP contribution in [0.1, 0.15) is 17.4 Å². The lowest BCUT2D eigenvalue weighted by Gasteiger charge is -1.96. The van der Waals surface area contributed by atoms with Crippen molar-refractivity contribution in [2.75, 3.05) is 0 Å². The van der Waals surface area contributed by atoms with Gasteiger partial charge in [0.05, 0.1) is 11.4 Å². The molecule has 112 valence electrons. The Labute approximate surface area is 132 Å². The average Bonchev–Trinajstić information content (AvgIpc) is 3.14. The summed E-state index contributed by atoms with van der Waals surface area (Å²) < 4.78 is 5.34. The molecule has 0 saturated heterocycles. The predicted octanol–water partition coefficient (Wildman–Crippen LogP) is 3.41. The number of nitrogens with one attached hydrogen (secondary N) is 1. The second-order valence-corrected chi connectivity index (χ2v) is 6.14. The van der Waals surface area contributed by atoms with Gasteiger partial charge in [0.2, 0.25) is 11.7 Å². The molecule has 0 aliphatic heterocycles. The molecule has 2 heterocycles. The van der Waals surface area contributed by atoms with Crippen molar-refractivity contribution in [3.63, 3.8) is 0 Å². The molecule has 5 nitrogen and oxygen atoms in total. The van der Waals surface area contributed by atoms with Crippen LogP contribution in [0.2, 0.25) is 0 Å². The van der Waals surface area contributed by atoms with Gasteiger partial charge in [-0.1, -0.05) is 22.9 Å². The normalized spacial score (nSPS) is 10.6. The summed E-state index contributed by atoms with van der Waals surface area (Å²) in [4.78, 5) is 17.3. The van der Waals surface area contributed by atoms with Gasteiger partial charge in [-0.2, -0.15) is 4.98 Å². The van der Waals surface area contributed by atoms with Crippen molar-refractivity contribution in [1.29, 1.82) is 0 Å². The number of nitrogens with zero attached hydrogens (tertiary/aromatic N) is 2. The third-order valence-electron chi connectivity index (χ3n) is 3.08. The molecule has 6 heteroatoms. The highest BCUT2D eigenvalue weighted by atomic mass is 32.1. The van der Waals surface area contributed by atoms with E-state index in [-0.39, 0.29) is 5.91 Å². The maximum absolute atomic E-state index is 10.9. The van der Waals surface area contributed by atoms with Crippen LogP contribution in [0, 0.1) is 6.92 Å². The maximum atomic E-state index is 10.9. The number of amides is 1. The zero-order valence-corrected chi connectivity index (χ0v) is 13.1. The Morgan fingerprint density at radius 3 is 2.95 bits per heavy atom. The monoisotopic (exact) mass is 313 g/mol. The van der Waals surface area contributed by atoms with Crippen LogP contribution in [0.25, 0.3) is 22.2 Å². The molecule has 22 heavy (non-hydrogen) atoms. The minimum Gasteiger partial charge on any atom is -0.351 e. The molecular weight excluding hydrogens is 298 g/mol. The lowest BCUT2D eigenvalue weighted by molar-refractivity contribution is -0.119. The number of benzene rings is 1. The van der Waals surface area contributed by atoms with Crippen LogP contribution >= 0.6 is 11.3 Å². The van der Waals surface area contributed by atoms with Gasteiger partial charge in [-0.3, -0.25) is 4.79 Å². The Bertz CT molecular complexity index is 807. The number of carbonyl (C=O) groups excluding carboxylic acids is 1. The Morgan fingerprint density at radius 2 is 2.18 bits per heavy atom. The van der Waals surface area contributed by atoms with E-state index >= 15 is 0 Å². The van der Waals surface area contributed by atoms with Gasteiger partial charge in [0.1, 0.15) is 0 Å². The predicted molar refractivity (Wildman–Crippen MR) is 85.3 cm³/mol. The van der Waals surface area contributed by atoms with Gasteiger partial charge in [-0.05, 0) is 31.2 Å². The molecule has 0 aliphatic carbocycles. The highest BCUT2D eigenvalue weighted by Crippen LogP contribution is 2.28. The summed E-state index contributed by atoms with van der Waals surface area (Å²) in [5.74, 6) is 1.03. The zero-order valence-electron chi connectivity index (χ0n) is 12.3. The summed E-state index contributed by atoms with van der Waals surface area (Å²) in [7, 11) is 0. The van der Waals surface area contributed by atoms with E-state index in [1.54, 1.807) is 0 Å². The number of rotatable bonds is 4. The standard InChI is InChI=1S/C16H15N3O2S/c1-10-4-3-5-12(8-10)16-18-15(19-21-16)14-7-6-13(22-14)9-17-11(2)20/h3-8H,9H2,1-2H3,(H,17,20).